The lowest BCUT2D eigenvalue weighted by Crippen LogP contribution is -2.27. The van der Waals surface area contributed by atoms with Crippen molar-refractivity contribution in [2.45, 2.75) is 37.9 Å². The van der Waals surface area contributed by atoms with Crippen LogP contribution in [-0.2, 0) is 13.2 Å². The molecule has 0 radical (unpaired) electrons. The van der Waals surface area contributed by atoms with E-state index >= 15 is 0 Å². The number of rotatable bonds is 5. The van der Waals surface area contributed by atoms with Crippen molar-refractivity contribution in [3.05, 3.63) is 52.6 Å². The Bertz CT molecular complexity index is 1050. The quantitative estimate of drug-likeness (QED) is 0.666. The lowest BCUT2D eigenvalue weighted by Gasteiger charge is -2.11. The minimum absolute atomic E-state index is 0.252. The van der Waals surface area contributed by atoms with Crippen LogP contribution in [0.4, 0.5) is 13.2 Å². The number of nitrogens with zero attached hydrogens (tertiary/aromatic N) is 4. The van der Waals surface area contributed by atoms with E-state index in [4.69, 9.17) is 0 Å². The van der Waals surface area contributed by atoms with Crippen molar-refractivity contribution in [3.63, 3.8) is 0 Å². The van der Waals surface area contributed by atoms with E-state index in [0.717, 1.165) is 35.7 Å². The first-order valence-electron chi connectivity index (χ1n) is 9.06. The molecule has 0 spiro atoms. The Balaban J connectivity index is 1.49. The summed E-state index contributed by atoms with van der Waals surface area (Å²) in [5.41, 5.74) is 0.787. The smallest absolute Gasteiger partial charge is 0.343 e. The third-order valence-electron chi connectivity index (χ3n) is 4.72. The van der Waals surface area contributed by atoms with Gasteiger partial charge < -0.3 is 5.32 Å². The fourth-order valence-corrected chi connectivity index (χ4v) is 3.88. The number of nitrogens with one attached hydrogen (secondary N) is 1. The van der Waals surface area contributed by atoms with Crippen LogP contribution in [0.5, 0.6) is 0 Å². The summed E-state index contributed by atoms with van der Waals surface area (Å²) in [5.74, 6) is 0.198. The average molecular weight is 421 g/mol. The van der Waals surface area contributed by atoms with Crippen molar-refractivity contribution in [2.75, 3.05) is 0 Å². The number of carbonyl (C=O) groups is 1. The molecule has 1 unspecified atom stereocenters. The maximum Gasteiger partial charge on any atom is 0.433 e. The number of pyridine rings is 1. The highest BCUT2D eigenvalue weighted by Gasteiger charge is 2.33. The Morgan fingerprint density at radius 3 is 2.76 bits per heavy atom. The van der Waals surface area contributed by atoms with E-state index < -0.39 is 11.9 Å². The van der Waals surface area contributed by atoms with E-state index in [0.29, 0.717) is 22.2 Å². The molecule has 0 bridgehead atoms. The molecule has 29 heavy (non-hydrogen) atoms. The molecule has 4 rings (SSSR count). The van der Waals surface area contributed by atoms with Crippen LogP contribution in [0.25, 0.3) is 10.6 Å². The Morgan fingerprint density at radius 2 is 2.07 bits per heavy atom. The van der Waals surface area contributed by atoms with Gasteiger partial charge >= 0.3 is 6.18 Å². The van der Waals surface area contributed by atoms with Gasteiger partial charge in [-0.15, -0.1) is 11.3 Å². The summed E-state index contributed by atoms with van der Waals surface area (Å²) in [7, 11) is 1.73. The first-order valence-corrected chi connectivity index (χ1v) is 9.88. The summed E-state index contributed by atoms with van der Waals surface area (Å²) in [5, 5.41) is 7.73. The van der Waals surface area contributed by atoms with Gasteiger partial charge in [-0.3, -0.25) is 14.5 Å². The predicted octanol–water partition coefficient (Wildman–Crippen LogP) is 4.33. The lowest BCUT2D eigenvalue weighted by atomic mass is 10.2. The molecule has 1 amide bonds. The molecule has 3 aromatic rings. The van der Waals surface area contributed by atoms with Crippen LogP contribution in [0.3, 0.4) is 0 Å². The molecule has 1 atom stereocenters. The molecule has 6 nitrogen and oxygen atoms in total. The van der Waals surface area contributed by atoms with E-state index in [1.54, 1.807) is 24.9 Å². The van der Waals surface area contributed by atoms with Crippen LogP contribution < -0.4 is 5.32 Å². The summed E-state index contributed by atoms with van der Waals surface area (Å²) in [6.07, 6.45) is 0.369. The number of hydrogen-bond donors (Lipinski definition) is 1. The van der Waals surface area contributed by atoms with Gasteiger partial charge in [-0.05, 0) is 38.0 Å². The van der Waals surface area contributed by atoms with Gasteiger partial charge in [0, 0.05) is 35.8 Å². The fourth-order valence-electron chi connectivity index (χ4n) is 2.96. The van der Waals surface area contributed by atoms with E-state index in [-0.39, 0.29) is 11.9 Å². The third kappa shape index (κ3) is 4.16. The second-order valence-corrected chi connectivity index (χ2v) is 8.10. The SMILES string of the molecule is CC(NC(=O)c1cc(C2CC2)nn1C)c1cnc(-c2ccnc(C(F)(F)F)c2)s1. The molecule has 0 aliphatic heterocycles. The standard InChI is InChI=1S/C19H18F3N5OS/c1-10(25-17(28)14-8-13(11-3-4-11)26-27(14)2)15-9-24-18(29-15)12-5-6-23-16(7-12)19(20,21)22/h5-11H,3-4H2,1-2H3,(H,25,28). The fraction of sp³-hybridized carbons (Fsp3) is 0.368. The zero-order valence-electron chi connectivity index (χ0n) is 15.7. The van der Waals surface area contributed by atoms with Crippen molar-refractivity contribution >= 4 is 17.2 Å². The van der Waals surface area contributed by atoms with E-state index in [9.17, 15) is 18.0 Å². The van der Waals surface area contributed by atoms with Crippen molar-refractivity contribution in [2.24, 2.45) is 7.05 Å². The molecule has 3 aromatic heterocycles. The van der Waals surface area contributed by atoms with Gasteiger partial charge in [0.15, 0.2) is 0 Å². The van der Waals surface area contributed by atoms with Crippen LogP contribution in [0.2, 0.25) is 0 Å². The van der Waals surface area contributed by atoms with Gasteiger partial charge in [0.05, 0.1) is 11.7 Å². The van der Waals surface area contributed by atoms with Gasteiger partial charge in [-0.2, -0.15) is 18.3 Å². The highest BCUT2D eigenvalue weighted by molar-refractivity contribution is 7.15. The van der Waals surface area contributed by atoms with Crippen molar-refractivity contribution in [1.29, 1.82) is 0 Å². The molecule has 1 saturated carbocycles. The van der Waals surface area contributed by atoms with Crippen molar-refractivity contribution in [1.82, 2.24) is 25.1 Å². The Morgan fingerprint density at radius 1 is 1.31 bits per heavy atom. The summed E-state index contributed by atoms with van der Waals surface area (Å²) in [6, 6.07) is 3.92. The molecular formula is C19H18F3N5OS. The summed E-state index contributed by atoms with van der Waals surface area (Å²) in [4.78, 5) is 20.9. The van der Waals surface area contributed by atoms with Gasteiger partial charge in [0.2, 0.25) is 0 Å². The number of carbonyl (C=O) groups excluding carboxylic acids is 1. The minimum atomic E-state index is -4.51. The molecule has 1 aliphatic rings. The molecule has 0 aromatic carbocycles. The molecule has 1 fully saturated rings. The maximum absolute atomic E-state index is 12.9. The summed E-state index contributed by atoms with van der Waals surface area (Å²) in [6.45, 7) is 1.81. The largest absolute Gasteiger partial charge is 0.433 e. The summed E-state index contributed by atoms with van der Waals surface area (Å²) >= 11 is 1.23. The number of aryl methyl sites for hydroxylation is 1. The highest BCUT2D eigenvalue weighted by Crippen LogP contribution is 2.39. The molecule has 1 aliphatic carbocycles. The third-order valence-corrected chi connectivity index (χ3v) is 5.95. The van der Waals surface area contributed by atoms with Crippen LogP contribution in [-0.4, -0.2) is 25.7 Å². The second kappa shape index (κ2) is 7.25. The van der Waals surface area contributed by atoms with Crippen LogP contribution in [0, 0.1) is 0 Å². The lowest BCUT2D eigenvalue weighted by molar-refractivity contribution is -0.141. The van der Waals surface area contributed by atoms with Crippen LogP contribution in [0.15, 0.2) is 30.6 Å². The highest BCUT2D eigenvalue weighted by atomic mass is 32.1. The number of hydrogen-bond acceptors (Lipinski definition) is 5. The monoisotopic (exact) mass is 421 g/mol. The summed E-state index contributed by atoms with van der Waals surface area (Å²) < 4.78 is 40.2. The minimum Gasteiger partial charge on any atom is -0.343 e. The van der Waals surface area contributed by atoms with E-state index in [1.165, 1.54) is 17.4 Å². The molecule has 1 N–H and O–H groups in total. The molecule has 10 heteroatoms. The van der Waals surface area contributed by atoms with Gasteiger partial charge in [-0.25, -0.2) is 4.98 Å². The second-order valence-electron chi connectivity index (χ2n) is 7.04. The van der Waals surface area contributed by atoms with Gasteiger partial charge in [-0.1, -0.05) is 0 Å². The van der Waals surface area contributed by atoms with Crippen LogP contribution in [0.1, 0.15) is 58.5 Å². The Kier molecular flexibility index (Phi) is 4.89. The number of thiazole rings is 1. The first-order chi connectivity index (χ1) is 13.7. The van der Waals surface area contributed by atoms with Crippen LogP contribution >= 0.6 is 11.3 Å². The topological polar surface area (TPSA) is 72.7 Å². The number of alkyl halides is 3. The first kappa shape index (κ1) is 19.6. The van der Waals surface area contributed by atoms with Crippen molar-refractivity contribution in [3.8, 4) is 10.6 Å². The van der Waals surface area contributed by atoms with E-state index in [1.807, 2.05) is 6.07 Å². The number of halogens is 3. The Hall–Kier alpha value is -2.75. The van der Waals surface area contributed by atoms with Gasteiger partial charge in [0.25, 0.3) is 5.91 Å². The average Bonchev–Trinajstić information content (AvgIpc) is 3.26. The Labute approximate surface area is 168 Å². The number of aromatic nitrogens is 4. The van der Waals surface area contributed by atoms with E-state index in [2.05, 4.69) is 20.4 Å². The van der Waals surface area contributed by atoms with Gasteiger partial charge in [0.1, 0.15) is 16.4 Å². The zero-order chi connectivity index (χ0) is 20.8. The maximum atomic E-state index is 12.9. The molecule has 0 saturated heterocycles. The number of amides is 1. The predicted molar refractivity (Wildman–Crippen MR) is 101 cm³/mol. The zero-order valence-corrected chi connectivity index (χ0v) is 16.5. The normalized spacial score (nSPS) is 15.3. The molecule has 3 heterocycles. The molecule has 152 valence electrons. The van der Waals surface area contributed by atoms with Crippen molar-refractivity contribution < 1.29 is 18.0 Å². The molecular weight excluding hydrogens is 403 g/mol.